The van der Waals surface area contributed by atoms with E-state index in [4.69, 9.17) is 23.2 Å². The number of sulfonamides is 1. The molecule has 3 rings (SSSR count). The van der Waals surface area contributed by atoms with Crippen LogP contribution < -0.4 is 4.31 Å². The molecule has 0 fully saturated rings. The highest BCUT2D eigenvalue weighted by Gasteiger charge is 2.53. The molecule has 0 N–H and O–H groups in total. The fraction of sp³-hybridized carbons (Fsp3) is 0.400. The van der Waals surface area contributed by atoms with Crippen LogP contribution in [0.2, 0.25) is 10.0 Å². The summed E-state index contributed by atoms with van der Waals surface area (Å²) in [5.41, 5.74) is 0.251. The molecular weight excluding hydrogens is 483 g/mol. The number of anilines is 1. The molecule has 1 aromatic heterocycles. The maximum atomic E-state index is 13.6. The zero-order valence-corrected chi connectivity index (χ0v) is 20.7. The van der Waals surface area contributed by atoms with Gasteiger partial charge in [-0.15, -0.1) is 0 Å². The van der Waals surface area contributed by atoms with Crippen molar-refractivity contribution in [1.29, 1.82) is 0 Å². The number of pyridine rings is 1. The molecule has 1 unspecified atom stereocenters. The average Bonchev–Trinajstić information content (AvgIpc) is 2.64. The van der Waals surface area contributed by atoms with E-state index in [-0.39, 0.29) is 27.0 Å². The van der Waals surface area contributed by atoms with Crippen molar-refractivity contribution in [1.82, 2.24) is 4.98 Å². The van der Waals surface area contributed by atoms with Crippen LogP contribution in [0.3, 0.4) is 0 Å². The summed E-state index contributed by atoms with van der Waals surface area (Å²) in [6.45, 7) is 6.27. The second-order valence-corrected chi connectivity index (χ2v) is 13.4. The Hall–Kier alpha value is -1.68. The Morgan fingerprint density at radius 2 is 1.77 bits per heavy atom. The van der Waals surface area contributed by atoms with Crippen LogP contribution in [0.4, 0.5) is 5.69 Å². The van der Waals surface area contributed by atoms with Gasteiger partial charge >= 0.3 is 0 Å². The Morgan fingerprint density at radius 1 is 1.16 bits per heavy atom. The molecule has 1 aliphatic heterocycles. The Labute approximate surface area is 192 Å². The predicted octanol–water partition coefficient (Wildman–Crippen LogP) is 4.15. The van der Waals surface area contributed by atoms with Gasteiger partial charge in [0, 0.05) is 17.8 Å². The second-order valence-electron chi connectivity index (χ2n) is 8.15. The van der Waals surface area contributed by atoms with Crippen LogP contribution in [0.15, 0.2) is 30.5 Å². The molecule has 168 valence electrons. The number of ketones is 1. The van der Waals surface area contributed by atoms with E-state index in [0.29, 0.717) is 5.56 Å². The minimum absolute atomic E-state index is 0.0197. The van der Waals surface area contributed by atoms with Gasteiger partial charge in [-0.05, 0) is 45.4 Å². The van der Waals surface area contributed by atoms with E-state index in [0.717, 1.165) is 10.6 Å². The van der Waals surface area contributed by atoms with Gasteiger partial charge in [-0.2, -0.15) is 0 Å². The van der Waals surface area contributed by atoms with Crippen molar-refractivity contribution in [2.75, 3.05) is 10.6 Å². The molecule has 0 radical (unpaired) electrons. The predicted molar refractivity (Wildman–Crippen MR) is 122 cm³/mol. The van der Waals surface area contributed by atoms with Crippen LogP contribution in [0.5, 0.6) is 0 Å². The monoisotopic (exact) mass is 504 g/mol. The first-order chi connectivity index (χ1) is 14.1. The molecule has 1 aromatic carbocycles. The maximum Gasteiger partial charge on any atom is 0.232 e. The van der Waals surface area contributed by atoms with E-state index < -0.39 is 41.7 Å². The van der Waals surface area contributed by atoms with E-state index in [1.54, 1.807) is 26.0 Å². The van der Waals surface area contributed by atoms with Gasteiger partial charge in [-0.3, -0.25) is 14.1 Å². The van der Waals surface area contributed by atoms with Crippen LogP contribution >= 0.6 is 23.2 Å². The number of nitrogens with zero attached hydrogens (tertiary/aromatic N) is 2. The number of carbonyl (C=O) groups is 1. The number of Topliss-reactive ketones (excluding diaryl/α,β-unsaturated/α-hetero) is 1. The molecule has 11 heteroatoms. The molecule has 1 atom stereocenters. The van der Waals surface area contributed by atoms with Crippen LogP contribution in [0, 0.1) is 0 Å². The van der Waals surface area contributed by atoms with E-state index in [2.05, 4.69) is 4.98 Å². The lowest BCUT2D eigenvalue weighted by atomic mass is 9.94. The van der Waals surface area contributed by atoms with Crippen molar-refractivity contribution in [3.63, 3.8) is 0 Å². The third-order valence-electron chi connectivity index (χ3n) is 5.38. The summed E-state index contributed by atoms with van der Waals surface area (Å²) in [4.78, 5) is 17.4. The third kappa shape index (κ3) is 3.65. The van der Waals surface area contributed by atoms with Crippen molar-refractivity contribution in [3.05, 3.63) is 57.3 Å². The normalized spacial score (nSPS) is 19.9. The number of benzene rings is 1. The van der Waals surface area contributed by atoms with Gasteiger partial charge in [-0.1, -0.05) is 35.3 Å². The molecule has 2 aromatic rings. The highest BCUT2D eigenvalue weighted by atomic mass is 35.5. The molecule has 7 nitrogen and oxygen atoms in total. The minimum Gasteiger partial charge on any atom is -0.291 e. The van der Waals surface area contributed by atoms with Crippen molar-refractivity contribution in [2.24, 2.45) is 0 Å². The van der Waals surface area contributed by atoms with Crippen LogP contribution in [-0.4, -0.2) is 39.9 Å². The van der Waals surface area contributed by atoms with Crippen molar-refractivity contribution in [3.8, 4) is 0 Å². The highest BCUT2D eigenvalue weighted by molar-refractivity contribution is 7.93. The summed E-state index contributed by atoms with van der Waals surface area (Å²) in [6.07, 6.45) is 2.42. The van der Waals surface area contributed by atoms with Gasteiger partial charge in [0.05, 0.1) is 26.7 Å². The largest absolute Gasteiger partial charge is 0.291 e. The summed E-state index contributed by atoms with van der Waals surface area (Å²) in [5, 5.41) is -1.84. The van der Waals surface area contributed by atoms with Crippen LogP contribution in [0.25, 0.3) is 0 Å². The fourth-order valence-corrected chi connectivity index (χ4v) is 7.98. The summed E-state index contributed by atoms with van der Waals surface area (Å²) in [6, 6.07) is 5.27. The lowest BCUT2D eigenvalue weighted by Crippen LogP contribution is -2.43. The zero-order chi connectivity index (χ0) is 23.5. The third-order valence-corrected chi connectivity index (χ3v) is 10.1. The van der Waals surface area contributed by atoms with E-state index in [9.17, 15) is 21.6 Å². The molecule has 0 saturated carbocycles. The smallest absolute Gasteiger partial charge is 0.232 e. The Bertz CT molecular complexity index is 1290. The molecule has 1 aliphatic rings. The molecule has 0 spiro atoms. The molecule has 31 heavy (non-hydrogen) atoms. The van der Waals surface area contributed by atoms with Gasteiger partial charge in [0.1, 0.15) is 5.69 Å². The van der Waals surface area contributed by atoms with Gasteiger partial charge in [0.15, 0.2) is 15.1 Å². The summed E-state index contributed by atoms with van der Waals surface area (Å²) in [7, 11) is -7.94. The van der Waals surface area contributed by atoms with Gasteiger partial charge in [0.25, 0.3) is 0 Å². The summed E-state index contributed by atoms with van der Waals surface area (Å²) >= 11 is 12.9. The second kappa shape index (κ2) is 7.72. The zero-order valence-electron chi connectivity index (χ0n) is 17.5. The van der Waals surface area contributed by atoms with Gasteiger partial charge in [-0.25, -0.2) is 16.8 Å². The van der Waals surface area contributed by atoms with Crippen LogP contribution in [-0.2, 0) is 24.6 Å². The first-order valence-corrected chi connectivity index (χ1v) is 13.5. The molecular formula is C20H22Cl2N2O5S2. The Balaban J connectivity index is 2.36. The molecule has 0 bridgehead atoms. The number of hydrogen-bond acceptors (Lipinski definition) is 6. The topological polar surface area (TPSA) is 101 Å². The Morgan fingerprint density at radius 3 is 2.32 bits per heavy atom. The fourth-order valence-electron chi connectivity index (χ4n) is 3.88. The lowest BCUT2D eigenvalue weighted by molar-refractivity contribution is 0.0975. The molecule has 0 aliphatic carbocycles. The molecule has 2 heterocycles. The quantitative estimate of drug-likeness (QED) is 0.619. The van der Waals surface area contributed by atoms with Crippen LogP contribution in [0.1, 0.15) is 54.6 Å². The molecule has 0 amide bonds. The minimum atomic E-state index is -4.14. The highest BCUT2D eigenvalue weighted by Crippen LogP contribution is 2.50. The number of aromatic nitrogens is 1. The number of halogens is 2. The number of hydrogen-bond donors (Lipinski definition) is 0. The standard InChI is InChI=1S/C20H22Cl2N2O5S2/c1-11(2)24(30(5,26)27)17-14(21)9-8-12(15(17)22)19-18(25)16-13(7-6-10-23-16)20(3,4)31(19,28)29/h6-11,19H,1-5H3. The summed E-state index contributed by atoms with van der Waals surface area (Å²) in [5.74, 6) is -0.722. The maximum absolute atomic E-state index is 13.6. The number of rotatable bonds is 4. The van der Waals surface area contributed by atoms with E-state index >= 15 is 0 Å². The number of fused-ring (bicyclic) bond motifs is 1. The SMILES string of the molecule is CC(C)N(c1c(Cl)ccc(C2C(=O)c3ncccc3C(C)(C)S2(=O)=O)c1Cl)S(C)(=O)=O. The first kappa shape index (κ1) is 24.0. The number of carbonyl (C=O) groups excluding carboxylic acids is 1. The molecule has 0 saturated heterocycles. The van der Waals surface area contributed by atoms with E-state index in [1.807, 2.05) is 0 Å². The van der Waals surface area contributed by atoms with Gasteiger partial charge in [0.2, 0.25) is 15.8 Å². The first-order valence-electron chi connectivity index (χ1n) is 9.34. The Kier molecular flexibility index (Phi) is 5.97. The lowest BCUT2D eigenvalue weighted by Gasteiger charge is -2.36. The van der Waals surface area contributed by atoms with Crippen molar-refractivity contribution < 1.29 is 21.6 Å². The van der Waals surface area contributed by atoms with Crippen molar-refractivity contribution >= 4 is 54.5 Å². The van der Waals surface area contributed by atoms with Crippen molar-refractivity contribution in [2.45, 2.75) is 43.7 Å². The number of sulfone groups is 1. The van der Waals surface area contributed by atoms with Gasteiger partial charge < -0.3 is 0 Å². The average molecular weight is 505 g/mol. The van der Waals surface area contributed by atoms with E-state index in [1.165, 1.54) is 32.2 Å². The summed E-state index contributed by atoms with van der Waals surface area (Å²) < 4.78 is 51.6.